The Kier molecular flexibility index (Phi) is 5.02. The zero-order chi connectivity index (χ0) is 8.91. The maximum absolute atomic E-state index is 5.72. The highest BCUT2D eigenvalue weighted by Gasteiger charge is 2.12. The van der Waals surface area contributed by atoms with Crippen LogP contribution in [-0.2, 0) is 4.43 Å². The van der Waals surface area contributed by atoms with Crippen LogP contribution in [0.25, 0.3) is 0 Å². The first-order chi connectivity index (χ1) is 4.92. The lowest BCUT2D eigenvalue weighted by atomic mass is 10.1. The van der Waals surface area contributed by atoms with E-state index in [0.717, 1.165) is 12.5 Å². The molecule has 0 fully saturated rings. The van der Waals surface area contributed by atoms with Gasteiger partial charge < -0.3 is 4.43 Å². The van der Waals surface area contributed by atoms with Gasteiger partial charge in [0.2, 0.25) is 0 Å². The summed E-state index contributed by atoms with van der Waals surface area (Å²) in [5.41, 5.74) is 0. The molecule has 68 valence electrons. The van der Waals surface area contributed by atoms with E-state index in [1.165, 1.54) is 12.8 Å². The summed E-state index contributed by atoms with van der Waals surface area (Å²) in [5, 5.41) is 0. The molecule has 0 saturated heterocycles. The van der Waals surface area contributed by atoms with Gasteiger partial charge in [0.1, 0.15) is 0 Å². The van der Waals surface area contributed by atoms with Gasteiger partial charge in [-0.3, -0.25) is 0 Å². The van der Waals surface area contributed by atoms with Crippen LogP contribution in [0.4, 0.5) is 0 Å². The average molecular weight is 174 g/mol. The summed E-state index contributed by atoms with van der Waals surface area (Å²) in [7, 11) is -1.23. The van der Waals surface area contributed by atoms with Gasteiger partial charge in [-0.25, -0.2) is 0 Å². The third-order valence-electron chi connectivity index (χ3n) is 1.46. The highest BCUT2D eigenvalue weighted by molar-refractivity contribution is 6.69. The monoisotopic (exact) mass is 174 g/mol. The van der Waals surface area contributed by atoms with E-state index in [9.17, 15) is 0 Å². The molecule has 0 saturated carbocycles. The molecule has 0 bridgehead atoms. The predicted octanol–water partition coefficient (Wildman–Crippen LogP) is 3.27. The van der Waals surface area contributed by atoms with Crippen molar-refractivity contribution in [3.63, 3.8) is 0 Å². The third-order valence-corrected chi connectivity index (χ3v) is 2.53. The van der Waals surface area contributed by atoms with Crippen molar-refractivity contribution in [2.45, 2.75) is 46.3 Å². The van der Waals surface area contributed by atoms with Crippen molar-refractivity contribution < 1.29 is 4.43 Å². The Hall–Kier alpha value is 0.177. The van der Waals surface area contributed by atoms with Crippen LogP contribution in [0.1, 0.15) is 26.7 Å². The third kappa shape index (κ3) is 10.2. The van der Waals surface area contributed by atoms with Gasteiger partial charge in [-0.2, -0.15) is 0 Å². The fraction of sp³-hybridized carbons (Fsp3) is 1.00. The molecule has 0 rings (SSSR count). The molecule has 11 heavy (non-hydrogen) atoms. The number of hydrogen-bond acceptors (Lipinski definition) is 1. The van der Waals surface area contributed by atoms with Crippen LogP contribution in [-0.4, -0.2) is 14.9 Å². The van der Waals surface area contributed by atoms with Crippen LogP contribution in [0.5, 0.6) is 0 Å². The van der Waals surface area contributed by atoms with Crippen molar-refractivity contribution in [3.8, 4) is 0 Å². The van der Waals surface area contributed by atoms with Gasteiger partial charge in [-0.05, 0) is 38.4 Å². The Morgan fingerprint density at radius 1 is 1.18 bits per heavy atom. The second-order valence-corrected chi connectivity index (χ2v) is 9.01. The highest BCUT2D eigenvalue weighted by Crippen LogP contribution is 2.07. The maximum atomic E-state index is 5.72. The molecule has 0 unspecified atom stereocenters. The molecule has 0 amide bonds. The highest BCUT2D eigenvalue weighted by atomic mass is 28.4. The zero-order valence-corrected chi connectivity index (χ0v) is 9.61. The normalized spacial score (nSPS) is 12.5. The van der Waals surface area contributed by atoms with E-state index in [4.69, 9.17) is 4.43 Å². The first-order valence-corrected chi connectivity index (χ1v) is 7.96. The van der Waals surface area contributed by atoms with Crippen LogP contribution in [0.15, 0.2) is 0 Å². The zero-order valence-electron chi connectivity index (χ0n) is 8.61. The van der Waals surface area contributed by atoms with E-state index in [1.54, 1.807) is 0 Å². The van der Waals surface area contributed by atoms with E-state index in [2.05, 4.69) is 33.5 Å². The summed E-state index contributed by atoms with van der Waals surface area (Å²) in [5.74, 6) is 0.820. The minimum atomic E-state index is -1.23. The Balaban J connectivity index is 3.15. The molecule has 0 radical (unpaired) electrons. The van der Waals surface area contributed by atoms with E-state index in [-0.39, 0.29) is 0 Å². The van der Waals surface area contributed by atoms with Crippen LogP contribution in [0.2, 0.25) is 19.6 Å². The van der Waals surface area contributed by atoms with Gasteiger partial charge in [-0.1, -0.05) is 13.8 Å². The largest absolute Gasteiger partial charge is 0.418 e. The van der Waals surface area contributed by atoms with Crippen molar-refractivity contribution in [2.24, 2.45) is 5.92 Å². The molecule has 0 spiro atoms. The van der Waals surface area contributed by atoms with Gasteiger partial charge in [0.05, 0.1) is 0 Å². The van der Waals surface area contributed by atoms with Crippen molar-refractivity contribution in [2.75, 3.05) is 6.61 Å². The van der Waals surface area contributed by atoms with Crippen LogP contribution >= 0.6 is 0 Å². The Labute approximate surface area is 72.3 Å². The van der Waals surface area contributed by atoms with Gasteiger partial charge in [0.25, 0.3) is 0 Å². The Morgan fingerprint density at radius 2 is 1.73 bits per heavy atom. The van der Waals surface area contributed by atoms with Gasteiger partial charge in [0.15, 0.2) is 8.32 Å². The Morgan fingerprint density at radius 3 is 2.09 bits per heavy atom. The summed E-state index contributed by atoms with van der Waals surface area (Å²) in [6.07, 6.45) is 2.52. The smallest absolute Gasteiger partial charge is 0.183 e. The molecule has 1 nitrogen and oxygen atoms in total. The molecule has 0 aromatic carbocycles. The fourth-order valence-corrected chi connectivity index (χ4v) is 1.63. The van der Waals surface area contributed by atoms with E-state index in [0.29, 0.717) is 0 Å². The second-order valence-electron chi connectivity index (χ2n) is 4.50. The molecule has 0 heterocycles. The van der Waals surface area contributed by atoms with E-state index >= 15 is 0 Å². The molecular weight excluding hydrogens is 152 g/mol. The standard InChI is InChI=1S/C9H22OSi/c1-9(2)7-6-8-10-11(3,4)5/h9H,6-8H2,1-5H3. The Bertz CT molecular complexity index is 94.2. The van der Waals surface area contributed by atoms with Crippen LogP contribution < -0.4 is 0 Å². The summed E-state index contributed by atoms with van der Waals surface area (Å²) >= 11 is 0. The van der Waals surface area contributed by atoms with Gasteiger partial charge >= 0.3 is 0 Å². The molecule has 0 aliphatic rings. The number of rotatable bonds is 5. The molecule has 2 heteroatoms. The summed E-state index contributed by atoms with van der Waals surface area (Å²) < 4.78 is 5.72. The molecule has 0 aliphatic heterocycles. The predicted molar refractivity (Wildman–Crippen MR) is 53.4 cm³/mol. The second kappa shape index (κ2) is 4.94. The van der Waals surface area contributed by atoms with E-state index < -0.39 is 8.32 Å². The lowest BCUT2D eigenvalue weighted by Gasteiger charge is -2.17. The van der Waals surface area contributed by atoms with Crippen molar-refractivity contribution in [1.82, 2.24) is 0 Å². The fourth-order valence-electron chi connectivity index (χ4n) is 0.870. The first kappa shape index (κ1) is 11.2. The summed E-state index contributed by atoms with van der Waals surface area (Å²) in [6, 6.07) is 0. The quantitative estimate of drug-likeness (QED) is 0.459. The first-order valence-electron chi connectivity index (χ1n) is 4.56. The number of hydrogen-bond donors (Lipinski definition) is 0. The van der Waals surface area contributed by atoms with Crippen molar-refractivity contribution in [3.05, 3.63) is 0 Å². The van der Waals surface area contributed by atoms with Crippen molar-refractivity contribution >= 4 is 8.32 Å². The molecule has 0 aromatic heterocycles. The van der Waals surface area contributed by atoms with Crippen LogP contribution in [0, 0.1) is 5.92 Å². The molecule has 0 aliphatic carbocycles. The minimum absolute atomic E-state index is 0.820. The molecular formula is C9H22OSi. The molecule has 0 atom stereocenters. The van der Waals surface area contributed by atoms with Gasteiger partial charge in [0, 0.05) is 6.61 Å². The van der Waals surface area contributed by atoms with Gasteiger partial charge in [-0.15, -0.1) is 0 Å². The molecule has 0 aromatic rings. The van der Waals surface area contributed by atoms with Crippen molar-refractivity contribution in [1.29, 1.82) is 0 Å². The average Bonchev–Trinajstić information content (AvgIpc) is 1.78. The topological polar surface area (TPSA) is 9.23 Å². The minimum Gasteiger partial charge on any atom is -0.418 e. The summed E-state index contributed by atoms with van der Waals surface area (Å²) in [6.45, 7) is 12.2. The lowest BCUT2D eigenvalue weighted by Crippen LogP contribution is -2.25. The van der Waals surface area contributed by atoms with Crippen LogP contribution in [0.3, 0.4) is 0 Å². The SMILES string of the molecule is CC(C)CCCO[Si](C)(C)C. The van der Waals surface area contributed by atoms with E-state index in [1.807, 2.05) is 0 Å². The lowest BCUT2D eigenvalue weighted by molar-refractivity contribution is 0.292. The molecule has 0 N–H and O–H groups in total. The summed E-state index contributed by atoms with van der Waals surface area (Å²) in [4.78, 5) is 0. The maximum Gasteiger partial charge on any atom is 0.183 e.